The number of imide groups is 1. The Morgan fingerprint density at radius 2 is 1.42 bits per heavy atom. The van der Waals surface area contributed by atoms with Gasteiger partial charge in [-0.05, 0) is 25.7 Å². The Bertz CT molecular complexity index is 958. The first-order valence-electron chi connectivity index (χ1n) is 12.2. The lowest BCUT2D eigenvalue weighted by molar-refractivity contribution is -0.146. The van der Waals surface area contributed by atoms with Crippen molar-refractivity contribution in [2.24, 2.45) is 5.92 Å². The second kappa shape index (κ2) is 15.9. The average molecular weight is 538 g/mol. The van der Waals surface area contributed by atoms with Gasteiger partial charge in [0.25, 0.3) is 11.8 Å². The summed E-state index contributed by atoms with van der Waals surface area (Å²) in [4.78, 5) is 95.9. The first-order valence-corrected chi connectivity index (χ1v) is 12.2. The summed E-state index contributed by atoms with van der Waals surface area (Å²) in [7, 11) is 0. The van der Waals surface area contributed by atoms with E-state index in [4.69, 9.17) is 5.11 Å². The van der Waals surface area contributed by atoms with Crippen molar-refractivity contribution in [1.82, 2.24) is 26.2 Å². The number of carbonyl (C=O) groups excluding carboxylic acids is 7. The maximum absolute atomic E-state index is 12.7. The number of nitrogens with one attached hydrogen (secondary N) is 4. The first kappa shape index (κ1) is 31.9. The number of hydrogen-bond acceptors (Lipinski definition) is 8. The molecule has 0 bridgehead atoms. The van der Waals surface area contributed by atoms with E-state index in [1.165, 1.54) is 6.92 Å². The van der Waals surface area contributed by atoms with Crippen molar-refractivity contribution in [3.8, 4) is 0 Å². The molecule has 14 nitrogen and oxygen atoms in total. The molecule has 1 rings (SSSR count). The number of ketones is 1. The van der Waals surface area contributed by atoms with Crippen LogP contribution in [0.4, 0.5) is 0 Å². The van der Waals surface area contributed by atoms with E-state index < -0.39 is 66.5 Å². The molecular weight excluding hydrogens is 502 g/mol. The number of aliphatic carboxylic acids is 1. The highest BCUT2D eigenvalue weighted by atomic mass is 16.4. The van der Waals surface area contributed by atoms with E-state index in [1.54, 1.807) is 13.8 Å². The van der Waals surface area contributed by atoms with Crippen LogP contribution in [0.2, 0.25) is 0 Å². The van der Waals surface area contributed by atoms with Gasteiger partial charge in [-0.25, -0.2) is 4.79 Å². The third kappa shape index (κ3) is 11.3. The molecule has 0 radical (unpaired) electrons. The standard InChI is InChI=1S/C24H35N5O9/c1-14(2)22(24(37)38)28-19(33)13-27-17(31)7-5-11-26-23(36)16(29-20(34)8-9-21(29)35)12-18(32)25-10-4-6-15(3)30/h8-9,14,16,22H,4-7,10-13H2,1-3H3,(H,25,32)(H,26,36)(H,27,31)(H,28,33)(H,37,38)/t16-,22-/m0/s1. The van der Waals surface area contributed by atoms with Crippen LogP contribution in [0.15, 0.2) is 12.2 Å². The van der Waals surface area contributed by atoms with E-state index >= 15 is 0 Å². The van der Waals surface area contributed by atoms with E-state index in [-0.39, 0.29) is 44.1 Å². The van der Waals surface area contributed by atoms with Gasteiger partial charge in [-0.15, -0.1) is 0 Å². The van der Waals surface area contributed by atoms with Gasteiger partial charge in [-0.1, -0.05) is 13.8 Å². The van der Waals surface area contributed by atoms with Crippen molar-refractivity contribution < 1.29 is 43.5 Å². The smallest absolute Gasteiger partial charge is 0.326 e. The van der Waals surface area contributed by atoms with E-state index in [2.05, 4.69) is 21.3 Å². The number of amides is 6. The predicted molar refractivity (Wildman–Crippen MR) is 132 cm³/mol. The Balaban J connectivity index is 2.52. The fourth-order valence-electron chi connectivity index (χ4n) is 3.42. The minimum Gasteiger partial charge on any atom is -0.480 e. The second-order valence-corrected chi connectivity index (χ2v) is 9.05. The van der Waals surface area contributed by atoms with Crippen molar-refractivity contribution in [3.05, 3.63) is 12.2 Å². The molecule has 2 atom stereocenters. The summed E-state index contributed by atoms with van der Waals surface area (Å²) in [5, 5.41) is 18.8. The topological polar surface area (TPSA) is 208 Å². The van der Waals surface area contributed by atoms with Crippen LogP contribution in [0.1, 0.15) is 52.9 Å². The number of rotatable bonds is 17. The molecule has 210 valence electrons. The van der Waals surface area contributed by atoms with Crippen LogP contribution in [0, 0.1) is 5.92 Å². The molecule has 0 spiro atoms. The Kier molecular flexibility index (Phi) is 13.4. The quantitative estimate of drug-likeness (QED) is 0.107. The lowest BCUT2D eigenvalue weighted by atomic mass is 10.1. The van der Waals surface area contributed by atoms with Gasteiger partial charge in [-0.2, -0.15) is 0 Å². The van der Waals surface area contributed by atoms with Crippen LogP contribution in [0.25, 0.3) is 0 Å². The summed E-state index contributed by atoms with van der Waals surface area (Å²) in [6.45, 7) is 4.43. The fraction of sp³-hybridized carbons (Fsp3) is 0.583. The number of Topliss-reactive ketones (excluding diaryl/α,β-unsaturated/α-hetero) is 1. The lowest BCUT2D eigenvalue weighted by Gasteiger charge is -2.25. The van der Waals surface area contributed by atoms with Crippen molar-refractivity contribution in [2.45, 2.75) is 65.0 Å². The molecule has 0 aromatic rings. The third-order valence-corrected chi connectivity index (χ3v) is 5.44. The van der Waals surface area contributed by atoms with E-state index in [0.29, 0.717) is 11.3 Å². The van der Waals surface area contributed by atoms with Crippen molar-refractivity contribution in [1.29, 1.82) is 0 Å². The van der Waals surface area contributed by atoms with Crippen molar-refractivity contribution in [2.75, 3.05) is 19.6 Å². The zero-order valence-corrected chi connectivity index (χ0v) is 21.7. The summed E-state index contributed by atoms with van der Waals surface area (Å²) in [5.74, 6) is -5.56. The van der Waals surface area contributed by atoms with Crippen LogP contribution in [0.3, 0.4) is 0 Å². The zero-order valence-electron chi connectivity index (χ0n) is 21.7. The minimum absolute atomic E-state index is 0.0206. The van der Waals surface area contributed by atoms with E-state index in [0.717, 1.165) is 12.2 Å². The Morgan fingerprint density at radius 1 is 0.842 bits per heavy atom. The number of carboxylic acid groups (broad SMARTS) is 1. The minimum atomic E-state index is -1.40. The van der Waals surface area contributed by atoms with Gasteiger partial charge in [0.05, 0.1) is 13.0 Å². The maximum atomic E-state index is 12.7. The Labute approximate surface area is 219 Å². The molecule has 5 N–H and O–H groups in total. The first-order chi connectivity index (χ1) is 17.8. The third-order valence-electron chi connectivity index (χ3n) is 5.44. The number of nitrogens with zero attached hydrogens (tertiary/aromatic N) is 1. The molecule has 38 heavy (non-hydrogen) atoms. The molecule has 0 unspecified atom stereocenters. The number of carboxylic acids is 1. The summed E-state index contributed by atoms with van der Waals surface area (Å²) in [5.41, 5.74) is 0. The van der Waals surface area contributed by atoms with Gasteiger partial charge < -0.3 is 31.2 Å². The monoisotopic (exact) mass is 537 g/mol. The molecule has 0 aromatic heterocycles. The highest BCUT2D eigenvalue weighted by Crippen LogP contribution is 2.13. The van der Waals surface area contributed by atoms with Crippen LogP contribution in [0.5, 0.6) is 0 Å². The van der Waals surface area contributed by atoms with Gasteiger partial charge in [0.15, 0.2) is 0 Å². The largest absolute Gasteiger partial charge is 0.480 e. The molecule has 0 fully saturated rings. The normalized spacial score (nSPS) is 14.2. The SMILES string of the molecule is CC(=O)CCCNC(=O)C[C@@H](C(=O)NCCCC(=O)NCC(=O)N[C@H](C(=O)O)C(C)C)N1C(=O)C=CC1=O. The Morgan fingerprint density at radius 3 is 1.97 bits per heavy atom. The van der Waals surface area contributed by atoms with E-state index in [9.17, 15) is 38.4 Å². The van der Waals surface area contributed by atoms with Crippen molar-refractivity contribution in [3.63, 3.8) is 0 Å². The maximum Gasteiger partial charge on any atom is 0.326 e. The van der Waals surface area contributed by atoms with Gasteiger partial charge >= 0.3 is 5.97 Å². The van der Waals surface area contributed by atoms with Gasteiger partial charge in [0.1, 0.15) is 17.9 Å². The molecule has 1 aliphatic heterocycles. The predicted octanol–water partition coefficient (Wildman–Crippen LogP) is -1.61. The zero-order chi connectivity index (χ0) is 28.8. The molecule has 0 aromatic carbocycles. The molecule has 0 saturated heterocycles. The highest BCUT2D eigenvalue weighted by molar-refractivity contribution is 6.15. The lowest BCUT2D eigenvalue weighted by Crippen LogP contribution is -2.51. The van der Waals surface area contributed by atoms with E-state index in [1.807, 2.05) is 0 Å². The molecule has 6 amide bonds. The van der Waals surface area contributed by atoms with Gasteiger partial charge in [0.2, 0.25) is 23.6 Å². The molecule has 0 saturated carbocycles. The van der Waals surface area contributed by atoms with Gasteiger partial charge in [0, 0.05) is 38.1 Å². The molecule has 1 aliphatic rings. The molecule has 1 heterocycles. The summed E-state index contributed by atoms with van der Waals surface area (Å²) in [6.07, 6.45) is 2.26. The van der Waals surface area contributed by atoms with Crippen LogP contribution in [-0.2, 0) is 38.4 Å². The molecule has 0 aliphatic carbocycles. The van der Waals surface area contributed by atoms with Crippen LogP contribution < -0.4 is 21.3 Å². The van der Waals surface area contributed by atoms with Gasteiger partial charge in [-0.3, -0.25) is 33.7 Å². The van der Waals surface area contributed by atoms with Crippen LogP contribution in [-0.4, -0.2) is 88.9 Å². The van der Waals surface area contributed by atoms with Crippen LogP contribution >= 0.6 is 0 Å². The van der Waals surface area contributed by atoms with Crippen molar-refractivity contribution >= 4 is 47.2 Å². The summed E-state index contributed by atoms with van der Waals surface area (Å²) >= 11 is 0. The Hall–Kier alpha value is -4.10. The summed E-state index contributed by atoms with van der Waals surface area (Å²) < 4.78 is 0. The molecular formula is C24H35N5O9. The highest BCUT2D eigenvalue weighted by Gasteiger charge is 2.37. The summed E-state index contributed by atoms with van der Waals surface area (Å²) in [6, 6.07) is -2.49. The number of carbonyl (C=O) groups is 8. The molecule has 14 heteroatoms. The number of hydrogen-bond donors (Lipinski definition) is 5. The second-order valence-electron chi connectivity index (χ2n) is 9.05. The average Bonchev–Trinajstić information content (AvgIpc) is 3.16. The fourth-order valence-corrected chi connectivity index (χ4v) is 3.42.